The maximum absolute atomic E-state index is 13.1. The van der Waals surface area contributed by atoms with Gasteiger partial charge in [-0.15, -0.1) is 0 Å². The smallest absolute Gasteiger partial charge is 0.264 e. The number of rotatable bonds is 1. The predicted molar refractivity (Wildman–Crippen MR) is 98.2 cm³/mol. The summed E-state index contributed by atoms with van der Waals surface area (Å²) in [5.74, 6) is 0. The SMILES string of the molecule is O=c1c2cccc3cccc(c32)c2nc3ccc(S(=O)(=O)Cl)cc3n12. The molecule has 0 aliphatic heterocycles. The third kappa shape index (κ3) is 1.92. The normalized spacial score (nSPS) is 12.7. The van der Waals surface area contributed by atoms with Crippen LogP contribution in [-0.4, -0.2) is 17.8 Å². The highest BCUT2D eigenvalue weighted by Gasteiger charge is 2.18. The molecule has 0 N–H and O–H groups in total. The zero-order chi connectivity index (χ0) is 17.3. The van der Waals surface area contributed by atoms with E-state index in [1.165, 1.54) is 16.5 Å². The summed E-state index contributed by atoms with van der Waals surface area (Å²) in [4.78, 5) is 17.6. The number of imidazole rings is 1. The number of halogens is 1. The van der Waals surface area contributed by atoms with E-state index >= 15 is 0 Å². The van der Waals surface area contributed by atoms with Crippen molar-refractivity contribution < 1.29 is 8.42 Å². The van der Waals surface area contributed by atoms with Gasteiger partial charge in [-0.3, -0.25) is 9.20 Å². The van der Waals surface area contributed by atoms with Crippen LogP contribution >= 0.6 is 10.7 Å². The van der Waals surface area contributed by atoms with E-state index in [1.807, 2.05) is 30.3 Å². The van der Waals surface area contributed by atoms with Gasteiger partial charge in [0.05, 0.1) is 15.9 Å². The highest BCUT2D eigenvalue weighted by Crippen LogP contribution is 2.30. The Balaban J connectivity index is 2.12. The van der Waals surface area contributed by atoms with E-state index in [0.717, 1.165) is 16.2 Å². The maximum atomic E-state index is 13.1. The van der Waals surface area contributed by atoms with Crippen molar-refractivity contribution in [1.82, 2.24) is 9.38 Å². The fourth-order valence-electron chi connectivity index (χ4n) is 3.42. The molecule has 3 aromatic carbocycles. The second-order valence-electron chi connectivity index (χ2n) is 5.87. The molecule has 7 heteroatoms. The molecular formula is C18H9ClN2O3S. The van der Waals surface area contributed by atoms with Crippen molar-refractivity contribution in [3.63, 3.8) is 0 Å². The Morgan fingerprint density at radius 3 is 2.40 bits per heavy atom. The number of hydrogen-bond donors (Lipinski definition) is 0. The van der Waals surface area contributed by atoms with Crippen molar-refractivity contribution >= 4 is 58.0 Å². The Kier molecular flexibility index (Phi) is 2.74. The van der Waals surface area contributed by atoms with E-state index in [-0.39, 0.29) is 10.5 Å². The van der Waals surface area contributed by atoms with Crippen LogP contribution in [0.15, 0.2) is 64.3 Å². The first-order valence-corrected chi connectivity index (χ1v) is 9.80. The molecule has 0 bridgehead atoms. The Bertz CT molecular complexity index is 1480. The van der Waals surface area contributed by atoms with Gasteiger partial charge in [-0.25, -0.2) is 13.4 Å². The zero-order valence-electron chi connectivity index (χ0n) is 12.6. The molecule has 0 amide bonds. The van der Waals surface area contributed by atoms with Gasteiger partial charge < -0.3 is 0 Å². The topological polar surface area (TPSA) is 68.5 Å². The molecule has 0 fully saturated rings. The summed E-state index contributed by atoms with van der Waals surface area (Å²) >= 11 is 0. The van der Waals surface area contributed by atoms with Gasteiger partial charge >= 0.3 is 0 Å². The number of hydrogen-bond acceptors (Lipinski definition) is 4. The molecule has 5 rings (SSSR count). The molecule has 5 aromatic rings. The first-order valence-electron chi connectivity index (χ1n) is 7.49. The molecule has 0 atom stereocenters. The van der Waals surface area contributed by atoms with Gasteiger partial charge in [0.2, 0.25) is 0 Å². The highest BCUT2D eigenvalue weighted by atomic mass is 35.7. The van der Waals surface area contributed by atoms with E-state index in [9.17, 15) is 13.2 Å². The first-order chi connectivity index (χ1) is 11.9. The predicted octanol–water partition coefficient (Wildman–Crippen LogP) is 3.52. The van der Waals surface area contributed by atoms with E-state index in [4.69, 9.17) is 10.7 Å². The van der Waals surface area contributed by atoms with E-state index in [1.54, 1.807) is 12.1 Å². The van der Waals surface area contributed by atoms with Crippen LogP contribution in [0.25, 0.3) is 38.2 Å². The van der Waals surface area contributed by atoms with Gasteiger partial charge in [0.25, 0.3) is 14.6 Å². The van der Waals surface area contributed by atoms with Gasteiger partial charge in [-0.1, -0.05) is 30.3 Å². The van der Waals surface area contributed by atoms with Crippen LogP contribution < -0.4 is 5.56 Å². The van der Waals surface area contributed by atoms with Gasteiger partial charge in [-0.05, 0) is 29.7 Å². The molecule has 0 radical (unpaired) electrons. The highest BCUT2D eigenvalue weighted by molar-refractivity contribution is 8.13. The molecule has 5 nitrogen and oxygen atoms in total. The minimum Gasteiger partial charge on any atom is -0.268 e. The van der Waals surface area contributed by atoms with Crippen molar-refractivity contribution in [2.45, 2.75) is 4.90 Å². The van der Waals surface area contributed by atoms with Crippen LogP contribution in [0.3, 0.4) is 0 Å². The summed E-state index contributed by atoms with van der Waals surface area (Å²) in [5, 5.41) is 3.24. The van der Waals surface area contributed by atoms with Crippen molar-refractivity contribution in [2.75, 3.05) is 0 Å². The number of benzene rings is 3. The van der Waals surface area contributed by atoms with E-state index in [2.05, 4.69) is 4.98 Å². The maximum Gasteiger partial charge on any atom is 0.264 e. The molecule has 122 valence electrons. The van der Waals surface area contributed by atoms with Crippen LogP contribution in [0.1, 0.15) is 0 Å². The lowest BCUT2D eigenvalue weighted by molar-refractivity contribution is 0.609. The van der Waals surface area contributed by atoms with Crippen LogP contribution in [0.2, 0.25) is 0 Å². The molecular weight excluding hydrogens is 360 g/mol. The minimum absolute atomic E-state index is 0.0609. The van der Waals surface area contributed by atoms with Crippen molar-refractivity contribution in [1.29, 1.82) is 0 Å². The van der Waals surface area contributed by atoms with Gasteiger partial charge in [0.15, 0.2) is 0 Å². The van der Waals surface area contributed by atoms with E-state index in [0.29, 0.717) is 22.1 Å². The third-order valence-corrected chi connectivity index (χ3v) is 5.84. The fourth-order valence-corrected chi connectivity index (χ4v) is 4.19. The van der Waals surface area contributed by atoms with Gasteiger partial charge in [-0.2, -0.15) is 0 Å². The van der Waals surface area contributed by atoms with Crippen LogP contribution in [0.4, 0.5) is 0 Å². The van der Waals surface area contributed by atoms with Crippen LogP contribution in [0, 0.1) is 0 Å². The largest absolute Gasteiger partial charge is 0.268 e. The first kappa shape index (κ1) is 14.6. The van der Waals surface area contributed by atoms with Crippen molar-refractivity contribution in [3.8, 4) is 0 Å². The Morgan fingerprint density at radius 1 is 0.960 bits per heavy atom. The van der Waals surface area contributed by atoms with Crippen molar-refractivity contribution in [2.24, 2.45) is 0 Å². The Labute approximate surface area is 145 Å². The summed E-state index contributed by atoms with van der Waals surface area (Å²) in [6.45, 7) is 0. The lowest BCUT2D eigenvalue weighted by Crippen LogP contribution is -2.13. The van der Waals surface area contributed by atoms with Crippen molar-refractivity contribution in [3.05, 3.63) is 65.0 Å². The number of nitrogens with zero attached hydrogens (tertiary/aromatic N) is 2. The molecule has 2 heterocycles. The van der Waals surface area contributed by atoms with Crippen LogP contribution in [-0.2, 0) is 9.05 Å². The molecule has 0 aliphatic carbocycles. The second kappa shape index (κ2) is 4.68. The quantitative estimate of drug-likeness (QED) is 0.424. The van der Waals surface area contributed by atoms with E-state index < -0.39 is 9.05 Å². The fraction of sp³-hybridized carbons (Fsp3) is 0. The number of pyridine rings is 1. The molecule has 0 unspecified atom stereocenters. The van der Waals surface area contributed by atoms with Crippen LogP contribution in [0.5, 0.6) is 0 Å². The van der Waals surface area contributed by atoms with Gasteiger partial charge in [0, 0.05) is 26.8 Å². The summed E-state index contributed by atoms with van der Waals surface area (Å²) in [5.41, 5.74) is 1.24. The number of aromatic nitrogens is 2. The lowest BCUT2D eigenvalue weighted by atomic mass is 10.0. The van der Waals surface area contributed by atoms with Gasteiger partial charge in [0.1, 0.15) is 5.65 Å². The average Bonchev–Trinajstić information content (AvgIpc) is 2.97. The molecule has 0 aliphatic rings. The molecule has 25 heavy (non-hydrogen) atoms. The molecule has 0 saturated carbocycles. The standard InChI is InChI=1S/C18H9ClN2O3S/c19-25(23,24)11-7-8-14-15(9-11)21-17(20-14)12-5-1-3-10-4-2-6-13(16(10)12)18(21)22/h1-9H. The molecule has 2 aromatic heterocycles. The second-order valence-corrected chi connectivity index (χ2v) is 8.44. The number of fused-ring (bicyclic) bond motifs is 4. The Hall–Kier alpha value is -2.70. The summed E-state index contributed by atoms with van der Waals surface area (Å²) in [6.07, 6.45) is 0. The molecule has 0 saturated heterocycles. The summed E-state index contributed by atoms with van der Waals surface area (Å²) in [7, 11) is 1.55. The zero-order valence-corrected chi connectivity index (χ0v) is 14.2. The minimum atomic E-state index is -3.90. The summed E-state index contributed by atoms with van der Waals surface area (Å²) in [6, 6.07) is 15.7. The lowest BCUT2D eigenvalue weighted by Gasteiger charge is -2.06. The monoisotopic (exact) mass is 368 g/mol. The average molecular weight is 369 g/mol. The summed E-state index contributed by atoms with van der Waals surface area (Å²) < 4.78 is 24.8. The molecule has 0 spiro atoms. The Morgan fingerprint density at radius 2 is 1.68 bits per heavy atom. The third-order valence-electron chi connectivity index (χ3n) is 4.49.